The molecule has 0 bridgehead atoms. The molecule has 4 N–H and O–H groups in total. The molecule has 1 aliphatic carbocycles. The number of nitrogens with zero attached hydrogens (tertiary/aromatic N) is 2. The maximum atomic E-state index is 12.2. The minimum absolute atomic E-state index is 0.000490. The zero-order valence-electron chi connectivity index (χ0n) is 11.1. The molecule has 2 rings (SSSR count). The van der Waals surface area contributed by atoms with E-state index in [4.69, 9.17) is 5.73 Å². The number of aliphatic hydroxyl groups is 1. The van der Waals surface area contributed by atoms with Gasteiger partial charge >= 0.3 is 0 Å². The molecule has 2 atom stereocenters. The molecule has 0 amide bonds. The number of nitrogens with two attached hydrogens (primary N) is 1. The first kappa shape index (κ1) is 14.3. The third-order valence-electron chi connectivity index (χ3n) is 3.73. The maximum Gasteiger partial charge on any atom is 0.246 e. The molecule has 8 heteroatoms. The Kier molecular flexibility index (Phi) is 3.84. The number of aryl methyl sites for hydroxylation is 1. The maximum absolute atomic E-state index is 12.2. The SMILES string of the molecule is Cc1c(S(=O)(=O)NCC2CCCC2O)c(N)nn1C. The zero-order chi connectivity index (χ0) is 14.2. The van der Waals surface area contributed by atoms with E-state index in [0.29, 0.717) is 5.69 Å². The van der Waals surface area contributed by atoms with E-state index in [1.165, 1.54) is 4.68 Å². The lowest BCUT2D eigenvalue weighted by Gasteiger charge is -2.15. The molecule has 1 aromatic rings. The van der Waals surface area contributed by atoms with Crippen molar-refractivity contribution in [3.63, 3.8) is 0 Å². The topological polar surface area (TPSA) is 110 Å². The van der Waals surface area contributed by atoms with Gasteiger partial charge in [0.05, 0.1) is 11.8 Å². The number of sulfonamides is 1. The number of nitrogens with one attached hydrogen (secondary N) is 1. The highest BCUT2D eigenvalue weighted by Crippen LogP contribution is 2.26. The molecule has 0 radical (unpaired) electrons. The standard InChI is InChI=1S/C11H20N4O3S/c1-7-10(11(12)14-15(7)2)19(17,18)13-6-8-4-3-5-9(8)16/h8-9,13,16H,3-6H2,1-2H3,(H2,12,14). The molecular formula is C11H20N4O3S. The van der Waals surface area contributed by atoms with Gasteiger partial charge in [0.2, 0.25) is 10.0 Å². The minimum Gasteiger partial charge on any atom is -0.393 e. The van der Waals surface area contributed by atoms with Gasteiger partial charge in [-0.1, -0.05) is 6.42 Å². The van der Waals surface area contributed by atoms with Crippen LogP contribution in [0.1, 0.15) is 25.0 Å². The van der Waals surface area contributed by atoms with Crippen LogP contribution in [0.5, 0.6) is 0 Å². The fourth-order valence-electron chi connectivity index (χ4n) is 2.49. The Morgan fingerprint density at radius 2 is 2.21 bits per heavy atom. The molecule has 1 saturated carbocycles. The summed E-state index contributed by atoms with van der Waals surface area (Å²) in [5, 5.41) is 13.6. The van der Waals surface area contributed by atoms with Gasteiger partial charge in [-0.3, -0.25) is 4.68 Å². The van der Waals surface area contributed by atoms with Gasteiger partial charge in [0, 0.05) is 13.6 Å². The van der Waals surface area contributed by atoms with Crippen LogP contribution in [0.3, 0.4) is 0 Å². The summed E-state index contributed by atoms with van der Waals surface area (Å²) in [5.74, 6) is -0.0209. The lowest BCUT2D eigenvalue weighted by atomic mass is 10.1. The highest BCUT2D eigenvalue weighted by Gasteiger charge is 2.29. The zero-order valence-corrected chi connectivity index (χ0v) is 11.9. The van der Waals surface area contributed by atoms with Crippen molar-refractivity contribution in [1.82, 2.24) is 14.5 Å². The van der Waals surface area contributed by atoms with E-state index in [2.05, 4.69) is 9.82 Å². The number of aliphatic hydroxyl groups excluding tert-OH is 1. The summed E-state index contributed by atoms with van der Waals surface area (Å²) in [6, 6.07) is 0. The number of aromatic nitrogens is 2. The van der Waals surface area contributed by atoms with Crippen LogP contribution < -0.4 is 10.5 Å². The van der Waals surface area contributed by atoms with E-state index < -0.39 is 16.1 Å². The number of hydrogen-bond donors (Lipinski definition) is 3. The molecule has 0 spiro atoms. The van der Waals surface area contributed by atoms with Crippen molar-refractivity contribution < 1.29 is 13.5 Å². The molecule has 108 valence electrons. The van der Waals surface area contributed by atoms with Gasteiger partial charge in [0.15, 0.2) is 5.82 Å². The highest BCUT2D eigenvalue weighted by atomic mass is 32.2. The lowest BCUT2D eigenvalue weighted by Crippen LogP contribution is -2.33. The van der Waals surface area contributed by atoms with Crippen LogP contribution in [0.15, 0.2) is 4.90 Å². The Balaban J connectivity index is 2.14. The molecule has 7 nitrogen and oxygen atoms in total. The third kappa shape index (κ3) is 2.75. The largest absolute Gasteiger partial charge is 0.393 e. The van der Waals surface area contributed by atoms with Crippen molar-refractivity contribution in [1.29, 1.82) is 0 Å². The summed E-state index contributed by atoms with van der Waals surface area (Å²) in [5.41, 5.74) is 6.14. The summed E-state index contributed by atoms with van der Waals surface area (Å²) >= 11 is 0. The number of rotatable bonds is 4. The van der Waals surface area contributed by atoms with Crippen molar-refractivity contribution in [2.24, 2.45) is 13.0 Å². The second-order valence-corrected chi connectivity index (χ2v) is 6.74. The van der Waals surface area contributed by atoms with Crippen LogP contribution in [0.25, 0.3) is 0 Å². The molecule has 0 saturated heterocycles. The predicted octanol–water partition coefficient (Wildman–Crippen LogP) is -0.250. The second kappa shape index (κ2) is 5.10. The monoisotopic (exact) mass is 288 g/mol. The molecule has 0 aliphatic heterocycles. The Labute approximate surface area is 112 Å². The van der Waals surface area contributed by atoms with E-state index in [-0.39, 0.29) is 23.2 Å². The van der Waals surface area contributed by atoms with Gasteiger partial charge in [-0.2, -0.15) is 5.10 Å². The Hall–Kier alpha value is -1.12. The van der Waals surface area contributed by atoms with Crippen LogP contribution in [-0.4, -0.2) is 36.0 Å². The number of hydrogen-bond acceptors (Lipinski definition) is 5. The molecular weight excluding hydrogens is 268 g/mol. The first-order chi connectivity index (χ1) is 8.83. The van der Waals surface area contributed by atoms with Gasteiger partial charge in [-0.25, -0.2) is 13.1 Å². The van der Waals surface area contributed by atoms with Gasteiger partial charge in [-0.05, 0) is 25.7 Å². The highest BCUT2D eigenvalue weighted by molar-refractivity contribution is 7.89. The molecule has 1 aromatic heterocycles. The van der Waals surface area contributed by atoms with Gasteiger partial charge in [-0.15, -0.1) is 0 Å². The Morgan fingerprint density at radius 3 is 2.68 bits per heavy atom. The van der Waals surface area contributed by atoms with Crippen molar-refractivity contribution in [3.8, 4) is 0 Å². The van der Waals surface area contributed by atoms with Crippen LogP contribution in [0.2, 0.25) is 0 Å². The van der Waals surface area contributed by atoms with E-state index in [0.717, 1.165) is 19.3 Å². The van der Waals surface area contributed by atoms with Gasteiger partial charge in [0.1, 0.15) is 4.90 Å². The molecule has 1 heterocycles. The number of nitrogen functional groups attached to an aromatic ring is 1. The summed E-state index contributed by atoms with van der Waals surface area (Å²) in [4.78, 5) is 0.0301. The van der Waals surface area contributed by atoms with Crippen LogP contribution in [0.4, 0.5) is 5.82 Å². The van der Waals surface area contributed by atoms with E-state index in [1.54, 1.807) is 14.0 Å². The normalized spacial score (nSPS) is 23.9. The van der Waals surface area contributed by atoms with Crippen LogP contribution >= 0.6 is 0 Å². The molecule has 0 aromatic carbocycles. The lowest BCUT2D eigenvalue weighted by molar-refractivity contribution is 0.134. The summed E-state index contributed by atoms with van der Waals surface area (Å²) in [6.07, 6.45) is 2.09. The average Bonchev–Trinajstić information content (AvgIpc) is 2.82. The Morgan fingerprint density at radius 1 is 1.53 bits per heavy atom. The summed E-state index contributed by atoms with van der Waals surface area (Å²) < 4.78 is 28.4. The van der Waals surface area contributed by atoms with Crippen LogP contribution in [0, 0.1) is 12.8 Å². The van der Waals surface area contributed by atoms with Crippen LogP contribution in [-0.2, 0) is 17.1 Å². The third-order valence-corrected chi connectivity index (χ3v) is 5.32. The van der Waals surface area contributed by atoms with E-state index in [9.17, 15) is 13.5 Å². The first-order valence-electron chi connectivity index (χ1n) is 6.29. The van der Waals surface area contributed by atoms with Crippen molar-refractivity contribution in [2.45, 2.75) is 37.2 Å². The van der Waals surface area contributed by atoms with Gasteiger partial charge < -0.3 is 10.8 Å². The first-order valence-corrected chi connectivity index (χ1v) is 7.78. The van der Waals surface area contributed by atoms with Crippen molar-refractivity contribution in [2.75, 3.05) is 12.3 Å². The van der Waals surface area contributed by atoms with Gasteiger partial charge in [0.25, 0.3) is 0 Å². The molecule has 1 aliphatic rings. The quantitative estimate of drug-likeness (QED) is 0.707. The second-order valence-electron chi connectivity index (χ2n) is 5.03. The summed E-state index contributed by atoms with van der Waals surface area (Å²) in [6.45, 7) is 1.89. The fraction of sp³-hybridized carbons (Fsp3) is 0.727. The fourth-order valence-corrected chi connectivity index (χ4v) is 3.91. The average molecular weight is 288 g/mol. The van der Waals surface area contributed by atoms with Crippen molar-refractivity contribution >= 4 is 15.8 Å². The molecule has 2 unspecified atom stereocenters. The Bertz CT molecular complexity index is 567. The van der Waals surface area contributed by atoms with Crippen molar-refractivity contribution in [3.05, 3.63) is 5.69 Å². The van der Waals surface area contributed by atoms with E-state index in [1.807, 2.05) is 0 Å². The van der Waals surface area contributed by atoms with E-state index >= 15 is 0 Å². The smallest absolute Gasteiger partial charge is 0.246 e. The summed E-state index contributed by atoms with van der Waals surface area (Å²) in [7, 11) is -2.04. The molecule has 1 fully saturated rings. The number of anilines is 1. The minimum atomic E-state index is -3.68. The molecule has 19 heavy (non-hydrogen) atoms. The predicted molar refractivity (Wildman–Crippen MR) is 70.9 cm³/mol.